The third-order valence-corrected chi connectivity index (χ3v) is 4.87. The quantitative estimate of drug-likeness (QED) is 0.538. The fourth-order valence-electron chi connectivity index (χ4n) is 2.59. The molecule has 4 unspecified atom stereocenters. The van der Waals surface area contributed by atoms with Gasteiger partial charge in [0.1, 0.15) is 0 Å². The normalized spacial score (nSPS) is 50.1. The molecule has 0 heterocycles. The zero-order valence-corrected chi connectivity index (χ0v) is 8.97. The Morgan fingerprint density at radius 1 is 1.31 bits per heavy atom. The summed E-state index contributed by atoms with van der Waals surface area (Å²) in [4.78, 5) is 0. The van der Waals surface area contributed by atoms with E-state index in [0.717, 1.165) is 0 Å². The van der Waals surface area contributed by atoms with Crippen molar-refractivity contribution in [3.05, 3.63) is 0 Å². The van der Waals surface area contributed by atoms with Crippen molar-refractivity contribution >= 4 is 22.6 Å². The molecule has 5 heteroatoms. The lowest BCUT2D eigenvalue weighted by molar-refractivity contribution is -0.276. The van der Waals surface area contributed by atoms with Gasteiger partial charge in [0.15, 0.2) is 5.60 Å². The highest BCUT2D eigenvalue weighted by atomic mass is 127. The van der Waals surface area contributed by atoms with Crippen LogP contribution in [0.1, 0.15) is 19.3 Å². The number of alkyl halides is 4. The summed E-state index contributed by atoms with van der Waals surface area (Å²) >= 11 is 2.19. The predicted molar refractivity (Wildman–Crippen MR) is 49.6 cm³/mol. The minimum atomic E-state index is -4.44. The van der Waals surface area contributed by atoms with Crippen LogP contribution < -0.4 is 0 Å². The third kappa shape index (κ3) is 1.30. The zero-order chi connectivity index (χ0) is 9.85. The topological polar surface area (TPSA) is 20.2 Å². The van der Waals surface area contributed by atoms with Crippen molar-refractivity contribution in [3.63, 3.8) is 0 Å². The maximum atomic E-state index is 12.5. The molecular weight excluding hydrogens is 296 g/mol. The van der Waals surface area contributed by atoms with E-state index in [-0.39, 0.29) is 12.3 Å². The van der Waals surface area contributed by atoms with Gasteiger partial charge in [0.2, 0.25) is 0 Å². The van der Waals surface area contributed by atoms with E-state index in [2.05, 4.69) is 22.6 Å². The Morgan fingerprint density at radius 3 is 2.23 bits per heavy atom. The average Bonchev–Trinajstić information content (AvgIpc) is 2.42. The average molecular weight is 306 g/mol. The summed E-state index contributed by atoms with van der Waals surface area (Å²) in [5, 5.41) is 9.51. The number of fused-ring (bicyclic) bond motifs is 2. The molecule has 2 aliphatic carbocycles. The molecule has 0 aromatic heterocycles. The lowest BCUT2D eigenvalue weighted by atomic mass is 9.84. The van der Waals surface area contributed by atoms with Crippen LogP contribution in [0.3, 0.4) is 0 Å². The SMILES string of the molecule is OC1(C(F)(F)F)CC2CC1CC2I. The summed E-state index contributed by atoms with van der Waals surface area (Å²) in [5.41, 5.74) is -2.38. The number of aliphatic hydroxyl groups is 1. The fraction of sp³-hybridized carbons (Fsp3) is 1.00. The van der Waals surface area contributed by atoms with Gasteiger partial charge in [0, 0.05) is 3.92 Å². The molecule has 0 saturated heterocycles. The Kier molecular flexibility index (Phi) is 2.11. The summed E-state index contributed by atoms with van der Waals surface area (Å²) in [6, 6.07) is 0. The summed E-state index contributed by atoms with van der Waals surface area (Å²) in [5.74, 6) is -0.489. The van der Waals surface area contributed by atoms with E-state index in [0.29, 0.717) is 16.8 Å². The highest BCUT2D eigenvalue weighted by molar-refractivity contribution is 14.1. The van der Waals surface area contributed by atoms with Crippen molar-refractivity contribution in [3.8, 4) is 0 Å². The summed E-state index contributed by atoms with van der Waals surface area (Å²) in [6.07, 6.45) is -3.47. The molecule has 76 valence electrons. The molecule has 0 aromatic carbocycles. The minimum Gasteiger partial charge on any atom is -0.380 e. The minimum absolute atomic E-state index is 0.0669. The highest BCUT2D eigenvalue weighted by Gasteiger charge is 2.66. The van der Waals surface area contributed by atoms with Crippen molar-refractivity contribution in [1.29, 1.82) is 0 Å². The first-order valence-corrected chi connectivity index (χ1v) is 5.52. The molecule has 0 amide bonds. The van der Waals surface area contributed by atoms with Gasteiger partial charge < -0.3 is 5.11 Å². The molecule has 2 saturated carbocycles. The van der Waals surface area contributed by atoms with Crippen molar-refractivity contribution in [2.75, 3.05) is 0 Å². The zero-order valence-electron chi connectivity index (χ0n) is 6.81. The van der Waals surface area contributed by atoms with Gasteiger partial charge >= 0.3 is 6.18 Å². The van der Waals surface area contributed by atoms with Crippen LogP contribution in [0, 0.1) is 11.8 Å². The van der Waals surface area contributed by atoms with Gasteiger partial charge in [-0.15, -0.1) is 0 Å². The maximum Gasteiger partial charge on any atom is 0.417 e. The second kappa shape index (κ2) is 2.74. The van der Waals surface area contributed by atoms with Crippen LogP contribution in [-0.4, -0.2) is 20.8 Å². The van der Waals surface area contributed by atoms with Crippen molar-refractivity contribution in [1.82, 2.24) is 0 Å². The van der Waals surface area contributed by atoms with Gasteiger partial charge in [-0.2, -0.15) is 13.2 Å². The summed E-state index contributed by atoms with van der Waals surface area (Å²) in [6.45, 7) is 0. The molecule has 0 aromatic rings. The van der Waals surface area contributed by atoms with Crippen LogP contribution in [-0.2, 0) is 0 Å². The van der Waals surface area contributed by atoms with E-state index in [1.807, 2.05) is 0 Å². The van der Waals surface area contributed by atoms with Gasteiger partial charge in [0.05, 0.1) is 0 Å². The molecule has 13 heavy (non-hydrogen) atoms. The lowest BCUT2D eigenvalue weighted by Crippen LogP contribution is -2.50. The Labute approximate surface area is 87.8 Å². The number of rotatable bonds is 0. The molecule has 4 atom stereocenters. The lowest BCUT2D eigenvalue weighted by Gasteiger charge is -2.35. The molecule has 2 aliphatic rings. The van der Waals surface area contributed by atoms with Gasteiger partial charge in [-0.05, 0) is 31.1 Å². The first-order chi connectivity index (χ1) is 5.84. The Balaban J connectivity index is 2.22. The monoisotopic (exact) mass is 306 g/mol. The van der Waals surface area contributed by atoms with Gasteiger partial charge in [-0.25, -0.2) is 0 Å². The number of hydrogen-bond donors (Lipinski definition) is 1. The van der Waals surface area contributed by atoms with Crippen LogP contribution in [0.4, 0.5) is 13.2 Å². The van der Waals surface area contributed by atoms with Gasteiger partial charge in [-0.1, -0.05) is 22.6 Å². The highest BCUT2D eigenvalue weighted by Crippen LogP contribution is 2.58. The second-order valence-electron chi connectivity index (χ2n) is 4.07. The van der Waals surface area contributed by atoms with E-state index in [1.54, 1.807) is 0 Å². The van der Waals surface area contributed by atoms with Crippen molar-refractivity contribution in [2.45, 2.75) is 35.0 Å². The van der Waals surface area contributed by atoms with Crippen LogP contribution >= 0.6 is 22.6 Å². The molecule has 2 bridgehead atoms. The second-order valence-corrected chi connectivity index (χ2v) is 5.67. The Bertz CT molecular complexity index is 228. The van der Waals surface area contributed by atoms with Gasteiger partial charge in [0.25, 0.3) is 0 Å². The van der Waals surface area contributed by atoms with Crippen LogP contribution in [0.15, 0.2) is 0 Å². The van der Waals surface area contributed by atoms with Crippen molar-refractivity contribution in [2.24, 2.45) is 11.8 Å². The molecular formula is C8H10F3IO. The first kappa shape index (κ1) is 10.0. The largest absolute Gasteiger partial charge is 0.417 e. The Hall–Kier alpha value is 0.480. The van der Waals surface area contributed by atoms with E-state index < -0.39 is 17.7 Å². The molecule has 2 fully saturated rings. The standard InChI is InChI=1S/C8H10F3IO/c9-8(10,11)7(13)3-4-1-5(7)2-6(4)12/h4-6,13H,1-3H2. The molecule has 0 spiro atoms. The predicted octanol–water partition coefficient (Wildman–Crippen LogP) is 2.51. The van der Waals surface area contributed by atoms with E-state index in [4.69, 9.17) is 0 Å². The number of halogens is 4. The number of hydrogen-bond acceptors (Lipinski definition) is 1. The van der Waals surface area contributed by atoms with Crippen LogP contribution in [0.25, 0.3) is 0 Å². The van der Waals surface area contributed by atoms with Gasteiger partial charge in [-0.3, -0.25) is 0 Å². The molecule has 0 radical (unpaired) electrons. The van der Waals surface area contributed by atoms with Crippen LogP contribution in [0.2, 0.25) is 0 Å². The fourth-order valence-corrected chi connectivity index (χ4v) is 3.75. The summed E-state index contributed by atoms with van der Waals surface area (Å²) < 4.78 is 37.8. The van der Waals surface area contributed by atoms with E-state index in [1.165, 1.54) is 0 Å². The van der Waals surface area contributed by atoms with Crippen molar-refractivity contribution < 1.29 is 18.3 Å². The maximum absolute atomic E-state index is 12.5. The summed E-state index contributed by atoms with van der Waals surface area (Å²) in [7, 11) is 0. The van der Waals surface area contributed by atoms with E-state index >= 15 is 0 Å². The van der Waals surface area contributed by atoms with Crippen LogP contribution in [0.5, 0.6) is 0 Å². The molecule has 1 N–H and O–H groups in total. The molecule has 2 rings (SSSR count). The van der Waals surface area contributed by atoms with E-state index in [9.17, 15) is 18.3 Å². The molecule has 1 nitrogen and oxygen atoms in total. The smallest absolute Gasteiger partial charge is 0.380 e. The Morgan fingerprint density at radius 2 is 1.92 bits per heavy atom. The first-order valence-electron chi connectivity index (χ1n) is 4.28. The molecule has 0 aliphatic heterocycles. The third-order valence-electron chi connectivity index (χ3n) is 3.35.